The summed E-state index contributed by atoms with van der Waals surface area (Å²) in [5, 5.41) is 0. The SMILES string of the molecule is CCC1CN2CCC1CC2CN. The molecule has 2 bridgehead atoms. The van der Waals surface area contributed by atoms with Crippen molar-refractivity contribution in [3.05, 3.63) is 0 Å². The second-order valence-electron chi connectivity index (χ2n) is 4.34. The van der Waals surface area contributed by atoms with E-state index in [-0.39, 0.29) is 0 Å². The van der Waals surface area contributed by atoms with Gasteiger partial charge in [-0.15, -0.1) is 0 Å². The first-order chi connectivity index (χ1) is 5.85. The molecule has 0 spiro atoms. The summed E-state index contributed by atoms with van der Waals surface area (Å²) >= 11 is 0. The molecule has 3 saturated heterocycles. The highest BCUT2D eigenvalue weighted by molar-refractivity contribution is 4.92. The Morgan fingerprint density at radius 2 is 2.33 bits per heavy atom. The molecule has 0 aromatic heterocycles. The standard InChI is InChI=1S/C10H20N2/c1-2-8-7-12-4-3-9(8)5-10(12)6-11/h8-10H,2-7,11H2,1H3. The van der Waals surface area contributed by atoms with E-state index in [1.165, 1.54) is 32.4 Å². The lowest BCUT2D eigenvalue weighted by atomic mass is 9.74. The van der Waals surface area contributed by atoms with Gasteiger partial charge >= 0.3 is 0 Å². The number of rotatable bonds is 2. The van der Waals surface area contributed by atoms with Crippen LogP contribution >= 0.6 is 0 Å². The highest BCUT2D eigenvalue weighted by Gasteiger charge is 2.38. The monoisotopic (exact) mass is 168 g/mol. The minimum Gasteiger partial charge on any atom is -0.329 e. The van der Waals surface area contributed by atoms with Crippen LogP contribution in [0.2, 0.25) is 0 Å². The zero-order valence-corrected chi connectivity index (χ0v) is 8.00. The van der Waals surface area contributed by atoms with Gasteiger partial charge in [-0.3, -0.25) is 4.90 Å². The van der Waals surface area contributed by atoms with Crippen LogP contribution in [0.1, 0.15) is 26.2 Å². The van der Waals surface area contributed by atoms with Crippen molar-refractivity contribution in [2.45, 2.75) is 32.2 Å². The normalized spacial score (nSPS) is 46.5. The van der Waals surface area contributed by atoms with Crippen LogP contribution in [0.15, 0.2) is 0 Å². The molecule has 3 fully saturated rings. The first-order valence-corrected chi connectivity index (χ1v) is 5.29. The molecule has 2 nitrogen and oxygen atoms in total. The number of hydrogen-bond acceptors (Lipinski definition) is 2. The fraction of sp³-hybridized carbons (Fsp3) is 1.00. The number of fused-ring (bicyclic) bond motifs is 3. The summed E-state index contributed by atoms with van der Waals surface area (Å²) in [4.78, 5) is 2.61. The van der Waals surface area contributed by atoms with Gasteiger partial charge in [0.25, 0.3) is 0 Å². The molecule has 2 heteroatoms. The topological polar surface area (TPSA) is 29.3 Å². The van der Waals surface area contributed by atoms with Gasteiger partial charge in [0.2, 0.25) is 0 Å². The maximum Gasteiger partial charge on any atom is 0.0221 e. The van der Waals surface area contributed by atoms with E-state index in [2.05, 4.69) is 11.8 Å². The fourth-order valence-corrected chi connectivity index (χ4v) is 2.96. The van der Waals surface area contributed by atoms with E-state index in [0.29, 0.717) is 6.04 Å². The fourth-order valence-electron chi connectivity index (χ4n) is 2.96. The predicted octanol–water partition coefficient (Wildman–Crippen LogP) is 1.07. The zero-order valence-electron chi connectivity index (χ0n) is 8.00. The summed E-state index contributed by atoms with van der Waals surface area (Å²) in [5.41, 5.74) is 5.74. The molecular formula is C10H20N2. The van der Waals surface area contributed by atoms with Crippen molar-refractivity contribution in [2.75, 3.05) is 19.6 Å². The Kier molecular flexibility index (Phi) is 2.37. The third-order valence-electron chi connectivity index (χ3n) is 3.81. The van der Waals surface area contributed by atoms with Gasteiger partial charge in [-0.05, 0) is 31.2 Å². The Hall–Kier alpha value is -0.0800. The lowest BCUT2D eigenvalue weighted by Crippen LogP contribution is -2.55. The molecule has 2 N–H and O–H groups in total. The average Bonchev–Trinajstić information content (AvgIpc) is 2.18. The molecule has 4 atom stereocenters. The second-order valence-corrected chi connectivity index (χ2v) is 4.34. The van der Waals surface area contributed by atoms with Crippen LogP contribution in [-0.2, 0) is 0 Å². The molecule has 4 unspecified atom stereocenters. The van der Waals surface area contributed by atoms with Crippen molar-refractivity contribution < 1.29 is 0 Å². The number of piperidine rings is 3. The molecule has 0 aromatic carbocycles. The quantitative estimate of drug-likeness (QED) is 0.668. The summed E-state index contributed by atoms with van der Waals surface area (Å²) in [6, 6.07) is 0.714. The van der Waals surface area contributed by atoms with E-state index in [9.17, 15) is 0 Å². The minimum absolute atomic E-state index is 0.714. The van der Waals surface area contributed by atoms with E-state index < -0.39 is 0 Å². The Morgan fingerprint density at radius 3 is 2.83 bits per heavy atom. The third kappa shape index (κ3) is 1.27. The molecule has 3 heterocycles. The van der Waals surface area contributed by atoms with Crippen LogP contribution < -0.4 is 5.73 Å². The largest absolute Gasteiger partial charge is 0.329 e. The highest BCUT2D eigenvalue weighted by atomic mass is 15.2. The Labute approximate surface area is 75.1 Å². The average molecular weight is 168 g/mol. The molecule has 12 heavy (non-hydrogen) atoms. The van der Waals surface area contributed by atoms with Crippen LogP contribution in [0.25, 0.3) is 0 Å². The molecule has 70 valence electrons. The van der Waals surface area contributed by atoms with Crippen LogP contribution in [0.5, 0.6) is 0 Å². The first-order valence-electron chi connectivity index (χ1n) is 5.29. The number of hydrogen-bond donors (Lipinski definition) is 1. The maximum absolute atomic E-state index is 5.74. The van der Waals surface area contributed by atoms with E-state index in [4.69, 9.17) is 5.73 Å². The second kappa shape index (κ2) is 3.35. The Bertz CT molecular complexity index is 140. The molecule has 3 aliphatic rings. The van der Waals surface area contributed by atoms with Crippen molar-refractivity contribution in [1.29, 1.82) is 0 Å². The zero-order chi connectivity index (χ0) is 8.55. The van der Waals surface area contributed by atoms with Gasteiger partial charge in [-0.25, -0.2) is 0 Å². The lowest BCUT2D eigenvalue weighted by Gasteiger charge is -2.49. The van der Waals surface area contributed by atoms with Gasteiger partial charge in [0.15, 0.2) is 0 Å². The highest BCUT2D eigenvalue weighted by Crippen LogP contribution is 2.37. The summed E-state index contributed by atoms with van der Waals surface area (Å²) in [6.07, 6.45) is 4.16. The Morgan fingerprint density at radius 1 is 1.50 bits per heavy atom. The van der Waals surface area contributed by atoms with E-state index >= 15 is 0 Å². The summed E-state index contributed by atoms with van der Waals surface area (Å²) in [6.45, 7) is 5.82. The van der Waals surface area contributed by atoms with Gasteiger partial charge in [0.1, 0.15) is 0 Å². The smallest absolute Gasteiger partial charge is 0.0221 e. The van der Waals surface area contributed by atoms with Gasteiger partial charge in [-0.1, -0.05) is 13.3 Å². The molecule has 3 rings (SSSR count). The number of nitrogens with zero attached hydrogens (tertiary/aromatic N) is 1. The summed E-state index contributed by atoms with van der Waals surface area (Å²) < 4.78 is 0. The van der Waals surface area contributed by atoms with Crippen molar-refractivity contribution in [1.82, 2.24) is 4.90 Å². The minimum atomic E-state index is 0.714. The van der Waals surface area contributed by atoms with E-state index in [1.807, 2.05) is 0 Å². The maximum atomic E-state index is 5.74. The van der Waals surface area contributed by atoms with Gasteiger partial charge < -0.3 is 5.73 Å². The molecule has 0 amide bonds. The molecule has 3 aliphatic heterocycles. The molecule has 0 radical (unpaired) electrons. The predicted molar refractivity (Wildman–Crippen MR) is 50.9 cm³/mol. The third-order valence-corrected chi connectivity index (χ3v) is 3.81. The van der Waals surface area contributed by atoms with Crippen molar-refractivity contribution in [3.8, 4) is 0 Å². The van der Waals surface area contributed by atoms with Crippen molar-refractivity contribution in [3.63, 3.8) is 0 Å². The molecule has 0 saturated carbocycles. The van der Waals surface area contributed by atoms with E-state index in [0.717, 1.165) is 18.4 Å². The van der Waals surface area contributed by atoms with Crippen molar-refractivity contribution in [2.24, 2.45) is 17.6 Å². The van der Waals surface area contributed by atoms with Crippen LogP contribution in [-0.4, -0.2) is 30.6 Å². The van der Waals surface area contributed by atoms with Crippen LogP contribution in [0.4, 0.5) is 0 Å². The van der Waals surface area contributed by atoms with Gasteiger partial charge in [-0.2, -0.15) is 0 Å². The molecule has 0 aromatic rings. The van der Waals surface area contributed by atoms with Gasteiger partial charge in [0, 0.05) is 19.1 Å². The van der Waals surface area contributed by atoms with E-state index in [1.54, 1.807) is 0 Å². The van der Waals surface area contributed by atoms with Crippen LogP contribution in [0, 0.1) is 11.8 Å². The Balaban J connectivity index is 2.01. The number of nitrogens with two attached hydrogens (primary N) is 1. The van der Waals surface area contributed by atoms with Crippen molar-refractivity contribution >= 4 is 0 Å². The summed E-state index contributed by atoms with van der Waals surface area (Å²) in [7, 11) is 0. The van der Waals surface area contributed by atoms with Crippen LogP contribution in [0.3, 0.4) is 0 Å². The lowest BCUT2D eigenvalue weighted by molar-refractivity contribution is 0.00372. The molecule has 0 aliphatic carbocycles. The van der Waals surface area contributed by atoms with Gasteiger partial charge in [0.05, 0.1) is 0 Å². The molecular weight excluding hydrogens is 148 g/mol. The first kappa shape index (κ1) is 8.52. The summed E-state index contributed by atoms with van der Waals surface area (Å²) in [5.74, 6) is 1.97.